The Balaban J connectivity index is -0.000000128. The molecule has 0 aromatic rings. The van der Waals surface area contributed by atoms with Gasteiger partial charge in [-0.1, -0.05) is 19.3 Å². The molecule has 1 saturated heterocycles. The second-order valence-corrected chi connectivity index (χ2v) is 5.51. The molecule has 1 fully saturated rings. The summed E-state index contributed by atoms with van der Waals surface area (Å²) in [6.45, 7) is 8.82. The van der Waals surface area contributed by atoms with Crippen LogP contribution in [-0.4, -0.2) is 37.3 Å². The maximum Gasteiger partial charge on any atom is 0.00653 e. The molecule has 8 N–H and O–H groups in total. The first-order chi connectivity index (χ1) is 11.9. The van der Waals surface area contributed by atoms with Crippen molar-refractivity contribution in [3.05, 3.63) is 31.7 Å². The standard InChI is InChI=1S/C5H10N.2C4H10N2O2.Co.H4N3/c1-2-4-6-5-3-1;2*1-3(5-7)4(2)6-8;;1-3-2/h1-5H2;2*3-6H,1-2H3;;1-2H2/q-1;2*-2;;-1. The molecule has 165 valence electrons. The Bertz CT molecular complexity index is 203. The molecule has 1 aliphatic rings. The summed E-state index contributed by atoms with van der Waals surface area (Å²) >= 11 is 0. The molecule has 1 heterocycles. The van der Waals surface area contributed by atoms with E-state index < -0.39 is 0 Å². The topological polar surface area (TPSA) is 221 Å². The Labute approximate surface area is 166 Å². The van der Waals surface area contributed by atoms with Gasteiger partial charge in [-0.2, -0.15) is 0 Å². The van der Waals surface area contributed by atoms with E-state index in [1.807, 2.05) is 0 Å². The largest absolute Gasteiger partial charge is 0.788 e. The molecule has 1 radical (unpaired) electrons. The first-order valence-electron chi connectivity index (χ1n) is 8.10. The van der Waals surface area contributed by atoms with Crippen LogP contribution in [0.2, 0.25) is 0 Å². The molecule has 0 aromatic heterocycles. The average Bonchev–Trinajstić information content (AvgIpc) is 2.68. The SMILES string of the molecule is C1CC[N-]CC1.CC(N[O-])C(C)N[O-].CC(N[O-])C(C)N[O-].N[N-]N.[Co]. The van der Waals surface area contributed by atoms with Gasteiger partial charge in [-0.05, 0) is 27.7 Å². The van der Waals surface area contributed by atoms with Crippen LogP contribution in [-0.2, 0) is 16.8 Å². The third kappa shape index (κ3) is 26.3. The monoisotopic (exact) mass is 425 g/mol. The van der Waals surface area contributed by atoms with Gasteiger partial charge in [-0.15, -0.1) is 13.1 Å². The molecule has 12 nitrogen and oxygen atoms in total. The van der Waals surface area contributed by atoms with E-state index in [4.69, 9.17) is 0 Å². The molecule has 0 aromatic carbocycles. The minimum absolute atomic E-state index is 0. The van der Waals surface area contributed by atoms with Crippen molar-refractivity contribution in [3.63, 3.8) is 0 Å². The smallest absolute Gasteiger partial charge is 0.00653 e. The zero-order valence-corrected chi connectivity index (χ0v) is 16.9. The Morgan fingerprint density at radius 1 is 0.692 bits per heavy atom. The molecule has 0 amide bonds. The van der Waals surface area contributed by atoms with Gasteiger partial charge in [0.1, 0.15) is 0 Å². The Morgan fingerprint density at radius 3 is 1.00 bits per heavy atom. The molecule has 1 rings (SSSR count). The third-order valence-electron chi connectivity index (χ3n) is 3.38. The van der Waals surface area contributed by atoms with Crippen LogP contribution in [0, 0.1) is 20.8 Å². The molecule has 1 aliphatic heterocycles. The summed E-state index contributed by atoms with van der Waals surface area (Å²) in [4.78, 5) is 0. The normalized spacial score (nSPS) is 17.3. The van der Waals surface area contributed by atoms with Crippen LogP contribution < -0.4 is 33.6 Å². The van der Waals surface area contributed by atoms with Gasteiger partial charge in [0.25, 0.3) is 0 Å². The molecule has 4 atom stereocenters. The summed E-state index contributed by atoms with van der Waals surface area (Å²) in [5.74, 6) is 8.50. The quantitative estimate of drug-likeness (QED) is 0.256. The molecule has 0 bridgehead atoms. The molecular weight excluding hydrogens is 391 g/mol. The van der Waals surface area contributed by atoms with Gasteiger partial charge in [0.15, 0.2) is 0 Å². The van der Waals surface area contributed by atoms with Crippen LogP contribution >= 0.6 is 0 Å². The zero-order valence-electron chi connectivity index (χ0n) is 15.9. The van der Waals surface area contributed by atoms with Crippen LogP contribution in [0.15, 0.2) is 0 Å². The van der Waals surface area contributed by atoms with Crippen molar-refractivity contribution in [2.75, 3.05) is 13.1 Å². The van der Waals surface area contributed by atoms with E-state index in [2.05, 4.69) is 22.5 Å². The van der Waals surface area contributed by atoms with Crippen LogP contribution in [0.3, 0.4) is 0 Å². The summed E-state index contributed by atoms with van der Waals surface area (Å²) in [6.07, 6.45) is 4.07. The third-order valence-corrected chi connectivity index (χ3v) is 3.38. The minimum Gasteiger partial charge on any atom is -0.788 e. The summed E-state index contributed by atoms with van der Waals surface area (Å²) in [5, 5.41) is 43.4. The van der Waals surface area contributed by atoms with Crippen molar-refractivity contribution in [1.82, 2.24) is 21.9 Å². The minimum atomic E-state index is -0.313. The summed E-state index contributed by atoms with van der Waals surface area (Å²) < 4.78 is 0. The maximum atomic E-state index is 9.80. The first kappa shape index (κ1) is 33.6. The average molecular weight is 425 g/mol. The van der Waals surface area contributed by atoms with E-state index in [0.29, 0.717) is 0 Å². The number of nitrogens with zero attached hydrogens (tertiary/aromatic N) is 2. The van der Waals surface area contributed by atoms with Crippen molar-refractivity contribution >= 4 is 0 Å². The van der Waals surface area contributed by atoms with Crippen molar-refractivity contribution in [2.45, 2.75) is 71.1 Å². The molecule has 0 aliphatic carbocycles. The molecule has 0 saturated carbocycles. The predicted molar refractivity (Wildman–Crippen MR) is 103 cm³/mol. The number of nitrogens with one attached hydrogen (secondary N) is 4. The summed E-state index contributed by atoms with van der Waals surface area (Å²) in [7, 11) is 0. The fraction of sp³-hybridized carbons (Fsp3) is 1.00. The number of piperidine rings is 1. The molecule has 26 heavy (non-hydrogen) atoms. The summed E-state index contributed by atoms with van der Waals surface area (Å²) in [6, 6.07) is -1.25. The second-order valence-electron chi connectivity index (χ2n) is 5.51. The van der Waals surface area contributed by atoms with Crippen LogP contribution in [0.1, 0.15) is 47.0 Å². The number of nitrogens with two attached hydrogens (primary N) is 2. The molecule has 0 spiro atoms. The van der Waals surface area contributed by atoms with Crippen molar-refractivity contribution in [2.24, 2.45) is 11.7 Å². The number of hydrogen-bond acceptors (Lipinski definition) is 10. The van der Waals surface area contributed by atoms with E-state index in [9.17, 15) is 20.8 Å². The van der Waals surface area contributed by atoms with E-state index in [-0.39, 0.29) is 40.9 Å². The van der Waals surface area contributed by atoms with Gasteiger partial charge in [-0.3, -0.25) is 0 Å². The number of hydroxylamine groups is 4. The molecular formula is C13H34CoN8O4-6. The van der Waals surface area contributed by atoms with Gasteiger partial charge in [0.05, 0.1) is 0 Å². The number of rotatable bonds is 6. The summed E-state index contributed by atoms with van der Waals surface area (Å²) in [5.41, 5.74) is 9.31. The maximum absolute atomic E-state index is 9.80. The van der Waals surface area contributed by atoms with Crippen LogP contribution in [0.5, 0.6) is 0 Å². The Hall–Kier alpha value is 0.0265. The van der Waals surface area contributed by atoms with Gasteiger partial charge < -0.3 is 65.3 Å². The van der Waals surface area contributed by atoms with Gasteiger partial charge in [0.2, 0.25) is 0 Å². The van der Waals surface area contributed by atoms with Crippen LogP contribution in [0.4, 0.5) is 0 Å². The number of hydrogen-bond donors (Lipinski definition) is 6. The Morgan fingerprint density at radius 2 is 0.923 bits per heavy atom. The fourth-order valence-electron chi connectivity index (χ4n) is 1.14. The van der Waals surface area contributed by atoms with E-state index in [0.717, 1.165) is 13.1 Å². The van der Waals surface area contributed by atoms with E-state index in [1.165, 1.54) is 19.3 Å². The van der Waals surface area contributed by atoms with E-state index >= 15 is 0 Å². The fourth-order valence-corrected chi connectivity index (χ4v) is 1.14. The van der Waals surface area contributed by atoms with Crippen molar-refractivity contribution in [1.29, 1.82) is 0 Å². The van der Waals surface area contributed by atoms with Gasteiger partial charge >= 0.3 is 0 Å². The van der Waals surface area contributed by atoms with Crippen LogP contribution in [0.25, 0.3) is 10.9 Å². The molecule has 4 unspecified atom stereocenters. The first-order valence-corrected chi connectivity index (χ1v) is 8.10. The predicted octanol–water partition coefficient (Wildman–Crippen LogP) is 0.525. The van der Waals surface area contributed by atoms with Gasteiger partial charge in [0, 0.05) is 40.9 Å². The van der Waals surface area contributed by atoms with Crippen molar-refractivity contribution in [3.8, 4) is 0 Å². The van der Waals surface area contributed by atoms with E-state index in [1.54, 1.807) is 49.6 Å². The van der Waals surface area contributed by atoms with Crippen molar-refractivity contribution < 1.29 is 16.8 Å². The zero-order chi connectivity index (χ0) is 20.1. The molecule has 13 heteroatoms. The second kappa shape index (κ2) is 27.2. The Kier molecular flexibility index (Phi) is 35.2. The van der Waals surface area contributed by atoms with Gasteiger partial charge in [-0.25, -0.2) is 0 Å².